The molecule has 8 heteroatoms. The van der Waals surface area contributed by atoms with Gasteiger partial charge in [0, 0.05) is 19.4 Å². The van der Waals surface area contributed by atoms with Gasteiger partial charge in [0.1, 0.15) is 13.2 Å². The quantitative estimate of drug-likeness (QED) is 0.428. The fourth-order valence-corrected chi connectivity index (χ4v) is 2.20. The molecule has 1 aromatic carbocycles. The SMILES string of the molecule is CCC[n+]1ccc(OC)c(OCc2ccccc2)c1C.F[B-](F)(F)F. The lowest BCUT2D eigenvalue weighted by Gasteiger charge is -2.12. The van der Waals surface area contributed by atoms with E-state index in [1.165, 1.54) is 0 Å². The van der Waals surface area contributed by atoms with E-state index in [0.717, 1.165) is 35.7 Å². The number of aryl methyl sites for hydroxylation is 1. The van der Waals surface area contributed by atoms with E-state index in [2.05, 4.69) is 30.5 Å². The highest BCUT2D eigenvalue weighted by atomic mass is 19.5. The Bertz CT molecular complexity index is 645. The van der Waals surface area contributed by atoms with Crippen molar-refractivity contribution in [1.29, 1.82) is 0 Å². The fourth-order valence-electron chi connectivity index (χ4n) is 2.20. The predicted octanol–water partition coefficient (Wildman–Crippen LogP) is 4.58. The monoisotopic (exact) mass is 359 g/mol. The van der Waals surface area contributed by atoms with Gasteiger partial charge in [-0.1, -0.05) is 37.3 Å². The third kappa shape index (κ3) is 7.91. The number of rotatable bonds is 6. The van der Waals surface area contributed by atoms with Gasteiger partial charge in [-0.15, -0.1) is 0 Å². The molecule has 0 aliphatic rings. The molecule has 2 rings (SSSR count). The number of ether oxygens (including phenoxy) is 2. The largest absolute Gasteiger partial charge is 0.673 e. The Morgan fingerprint density at radius 3 is 2.16 bits per heavy atom. The van der Waals surface area contributed by atoms with Crippen molar-refractivity contribution in [3.05, 3.63) is 53.9 Å². The van der Waals surface area contributed by atoms with Gasteiger partial charge in [-0.2, -0.15) is 4.57 Å². The number of nitrogens with zero attached hydrogens (tertiary/aromatic N) is 1. The molecule has 0 spiro atoms. The van der Waals surface area contributed by atoms with E-state index in [1.54, 1.807) is 7.11 Å². The van der Waals surface area contributed by atoms with Crippen LogP contribution in [-0.4, -0.2) is 14.4 Å². The second-order valence-corrected chi connectivity index (χ2v) is 5.26. The summed E-state index contributed by atoms with van der Waals surface area (Å²) in [6, 6.07) is 12.1. The molecule has 0 radical (unpaired) electrons. The topological polar surface area (TPSA) is 22.3 Å². The maximum atomic E-state index is 9.75. The summed E-state index contributed by atoms with van der Waals surface area (Å²) in [5.41, 5.74) is 2.25. The Morgan fingerprint density at radius 1 is 1.04 bits per heavy atom. The first-order valence-corrected chi connectivity index (χ1v) is 7.87. The second kappa shape index (κ2) is 9.91. The van der Waals surface area contributed by atoms with Crippen LogP contribution in [0.5, 0.6) is 11.5 Å². The molecule has 1 heterocycles. The molecule has 0 aliphatic carbocycles. The van der Waals surface area contributed by atoms with E-state index < -0.39 is 7.25 Å². The van der Waals surface area contributed by atoms with Crippen molar-refractivity contribution in [1.82, 2.24) is 0 Å². The summed E-state index contributed by atoms with van der Waals surface area (Å²) in [7, 11) is -4.33. The zero-order chi connectivity index (χ0) is 18.9. The fraction of sp³-hybridized carbons (Fsp3) is 0.353. The Labute approximate surface area is 145 Å². The van der Waals surface area contributed by atoms with Crippen LogP contribution in [0.25, 0.3) is 0 Å². The van der Waals surface area contributed by atoms with Crippen LogP contribution in [0.1, 0.15) is 24.6 Å². The van der Waals surface area contributed by atoms with E-state index >= 15 is 0 Å². The van der Waals surface area contributed by atoms with Crippen LogP contribution in [0.4, 0.5) is 17.3 Å². The summed E-state index contributed by atoms with van der Waals surface area (Å²) in [5.74, 6) is 1.61. The average molecular weight is 359 g/mol. The lowest BCUT2D eigenvalue weighted by Crippen LogP contribution is -2.36. The summed E-state index contributed by atoms with van der Waals surface area (Å²) in [6.07, 6.45) is 3.14. The molecule has 1 aromatic heterocycles. The Hall–Kier alpha value is -2.25. The van der Waals surface area contributed by atoms with Crippen LogP contribution in [0, 0.1) is 6.92 Å². The number of halogens is 4. The molecule has 0 bridgehead atoms. The highest BCUT2D eigenvalue weighted by molar-refractivity contribution is 6.50. The maximum absolute atomic E-state index is 9.75. The molecular formula is C17H22BF4NO2. The highest BCUT2D eigenvalue weighted by Gasteiger charge is 2.20. The van der Waals surface area contributed by atoms with Gasteiger partial charge >= 0.3 is 7.25 Å². The molecule has 0 fully saturated rings. The van der Waals surface area contributed by atoms with Gasteiger partial charge in [0.15, 0.2) is 11.9 Å². The zero-order valence-corrected chi connectivity index (χ0v) is 14.5. The van der Waals surface area contributed by atoms with Crippen molar-refractivity contribution in [3.8, 4) is 11.5 Å². The van der Waals surface area contributed by atoms with Crippen LogP contribution < -0.4 is 14.0 Å². The number of benzene rings is 1. The van der Waals surface area contributed by atoms with Crippen LogP contribution in [-0.2, 0) is 13.2 Å². The Balaban J connectivity index is 0.000000550. The van der Waals surface area contributed by atoms with Gasteiger partial charge in [0.05, 0.1) is 7.11 Å². The van der Waals surface area contributed by atoms with Gasteiger partial charge in [-0.05, 0) is 5.56 Å². The van der Waals surface area contributed by atoms with Crippen molar-refractivity contribution in [2.75, 3.05) is 7.11 Å². The molecule has 0 unspecified atom stereocenters. The second-order valence-electron chi connectivity index (χ2n) is 5.26. The first-order chi connectivity index (χ1) is 11.8. The first-order valence-electron chi connectivity index (χ1n) is 7.87. The Morgan fingerprint density at radius 2 is 1.64 bits per heavy atom. The maximum Gasteiger partial charge on any atom is 0.673 e. The lowest BCUT2D eigenvalue weighted by molar-refractivity contribution is -0.703. The highest BCUT2D eigenvalue weighted by Crippen LogP contribution is 2.28. The first kappa shape index (κ1) is 20.8. The lowest BCUT2D eigenvalue weighted by atomic mass is 10.2. The number of hydrogen-bond acceptors (Lipinski definition) is 2. The minimum Gasteiger partial charge on any atom is -0.492 e. The molecular weight excluding hydrogens is 337 g/mol. The molecule has 138 valence electrons. The third-order valence-corrected chi connectivity index (χ3v) is 3.30. The third-order valence-electron chi connectivity index (χ3n) is 3.30. The average Bonchev–Trinajstić information content (AvgIpc) is 2.55. The summed E-state index contributed by atoms with van der Waals surface area (Å²) >= 11 is 0. The van der Waals surface area contributed by atoms with Gasteiger partial charge in [0.2, 0.25) is 11.4 Å². The molecule has 0 atom stereocenters. The number of aromatic nitrogens is 1. The molecule has 0 saturated heterocycles. The Kier molecular flexibility index (Phi) is 8.24. The van der Waals surface area contributed by atoms with Crippen molar-refractivity contribution in [2.24, 2.45) is 0 Å². The summed E-state index contributed by atoms with van der Waals surface area (Å²) in [4.78, 5) is 0. The van der Waals surface area contributed by atoms with Crippen LogP contribution in [0.2, 0.25) is 0 Å². The molecule has 0 saturated carbocycles. The molecule has 2 aromatic rings. The summed E-state index contributed by atoms with van der Waals surface area (Å²) in [5, 5.41) is 0. The van der Waals surface area contributed by atoms with Crippen molar-refractivity contribution < 1.29 is 31.3 Å². The van der Waals surface area contributed by atoms with Gasteiger partial charge in [0.25, 0.3) is 0 Å². The van der Waals surface area contributed by atoms with Crippen molar-refractivity contribution >= 4 is 7.25 Å². The van der Waals surface area contributed by atoms with Crippen molar-refractivity contribution in [3.63, 3.8) is 0 Å². The zero-order valence-electron chi connectivity index (χ0n) is 14.5. The van der Waals surface area contributed by atoms with E-state index in [0.29, 0.717) is 6.61 Å². The number of hydrogen-bond donors (Lipinski definition) is 0. The van der Waals surface area contributed by atoms with Crippen LogP contribution in [0.15, 0.2) is 42.6 Å². The molecule has 0 aliphatic heterocycles. The van der Waals surface area contributed by atoms with E-state index in [4.69, 9.17) is 9.47 Å². The minimum absolute atomic E-state index is 0.550. The standard InChI is InChI=1S/C17H22NO2.BF4/c1-4-11-18-12-10-16(19-3)17(14(18)2)20-13-15-8-6-5-7-9-15;2-1(3,4)5/h5-10,12H,4,11,13H2,1-3H3;/q+1;-1. The van der Waals surface area contributed by atoms with Crippen LogP contribution in [0.3, 0.4) is 0 Å². The van der Waals surface area contributed by atoms with Crippen LogP contribution >= 0.6 is 0 Å². The molecule has 0 amide bonds. The van der Waals surface area contributed by atoms with Gasteiger partial charge < -0.3 is 26.7 Å². The number of methoxy groups -OCH3 is 1. The number of pyridine rings is 1. The molecule has 25 heavy (non-hydrogen) atoms. The van der Waals surface area contributed by atoms with E-state index in [1.807, 2.05) is 30.5 Å². The molecule has 3 nitrogen and oxygen atoms in total. The van der Waals surface area contributed by atoms with Crippen molar-refractivity contribution in [2.45, 2.75) is 33.4 Å². The predicted molar refractivity (Wildman–Crippen MR) is 89.2 cm³/mol. The smallest absolute Gasteiger partial charge is 0.492 e. The summed E-state index contributed by atoms with van der Waals surface area (Å²) in [6.45, 7) is 5.77. The summed E-state index contributed by atoms with van der Waals surface area (Å²) < 4.78 is 52.6. The minimum atomic E-state index is -6.00. The van der Waals surface area contributed by atoms with Gasteiger partial charge in [-0.25, -0.2) is 0 Å². The van der Waals surface area contributed by atoms with Gasteiger partial charge in [-0.3, -0.25) is 0 Å². The van der Waals surface area contributed by atoms with E-state index in [9.17, 15) is 17.3 Å². The molecule has 0 N–H and O–H groups in total. The normalized spacial score (nSPS) is 10.7. The van der Waals surface area contributed by atoms with E-state index in [-0.39, 0.29) is 0 Å².